The molecule has 0 unspecified atom stereocenters. The van der Waals surface area contributed by atoms with Crippen molar-refractivity contribution in [1.29, 1.82) is 0 Å². The lowest BCUT2D eigenvalue weighted by atomic mass is 10.2. The quantitative estimate of drug-likeness (QED) is 0.392. The van der Waals surface area contributed by atoms with Crippen LogP contribution < -0.4 is 19.7 Å². The van der Waals surface area contributed by atoms with Gasteiger partial charge in [0.1, 0.15) is 35.3 Å². The fraction of sp³-hybridized carbons (Fsp3) is 0.130. The van der Waals surface area contributed by atoms with Gasteiger partial charge in [-0.1, -0.05) is 29.8 Å². The van der Waals surface area contributed by atoms with Crippen LogP contribution in [0.5, 0.6) is 11.5 Å². The largest absolute Gasteiger partial charge is 0.492 e. The molecule has 1 aliphatic rings. The highest BCUT2D eigenvalue weighted by Gasteiger charge is 2.33. The van der Waals surface area contributed by atoms with Crippen LogP contribution in [0.2, 0.25) is 5.02 Å². The van der Waals surface area contributed by atoms with Crippen molar-refractivity contribution in [3.63, 3.8) is 0 Å². The SMILES string of the molecule is CCOc1ccccc1N1C(=O)/C(=C\c2ccc(COc3cccc(Cl)c3)o2)NC1=S. The van der Waals surface area contributed by atoms with Crippen molar-refractivity contribution in [3.8, 4) is 11.5 Å². The number of thiocarbonyl (C=S) groups is 1. The number of nitrogens with zero attached hydrogens (tertiary/aromatic N) is 1. The Morgan fingerprint density at radius 2 is 1.97 bits per heavy atom. The first kappa shape index (κ1) is 21.0. The van der Waals surface area contributed by atoms with Gasteiger partial charge in [0.25, 0.3) is 5.91 Å². The van der Waals surface area contributed by atoms with Gasteiger partial charge in [-0.05, 0) is 61.6 Å². The topological polar surface area (TPSA) is 63.9 Å². The third kappa shape index (κ3) is 4.73. The van der Waals surface area contributed by atoms with E-state index in [1.54, 1.807) is 42.5 Å². The van der Waals surface area contributed by atoms with Crippen molar-refractivity contribution in [2.45, 2.75) is 13.5 Å². The van der Waals surface area contributed by atoms with Crippen molar-refractivity contribution in [2.24, 2.45) is 0 Å². The predicted octanol–water partition coefficient (Wildman–Crippen LogP) is 5.17. The fourth-order valence-corrected chi connectivity index (χ4v) is 3.55. The molecule has 0 saturated carbocycles. The molecule has 1 aliphatic heterocycles. The minimum Gasteiger partial charge on any atom is -0.492 e. The van der Waals surface area contributed by atoms with Crippen molar-refractivity contribution in [2.75, 3.05) is 11.5 Å². The Morgan fingerprint density at radius 1 is 1.13 bits per heavy atom. The molecule has 6 nitrogen and oxygen atoms in total. The van der Waals surface area contributed by atoms with Crippen LogP contribution in [0, 0.1) is 0 Å². The second kappa shape index (κ2) is 9.24. The van der Waals surface area contributed by atoms with E-state index < -0.39 is 0 Å². The van der Waals surface area contributed by atoms with E-state index in [9.17, 15) is 4.79 Å². The molecule has 0 atom stereocenters. The average Bonchev–Trinajstić information content (AvgIpc) is 3.31. The van der Waals surface area contributed by atoms with Crippen molar-refractivity contribution >= 4 is 46.6 Å². The molecule has 1 aromatic heterocycles. The second-order valence-electron chi connectivity index (χ2n) is 6.58. The Hall–Kier alpha value is -3.29. The van der Waals surface area contributed by atoms with Crippen LogP contribution >= 0.6 is 23.8 Å². The third-order valence-electron chi connectivity index (χ3n) is 4.43. The molecule has 0 bridgehead atoms. The number of nitrogens with one attached hydrogen (secondary N) is 1. The number of para-hydroxylation sites is 2. The monoisotopic (exact) mass is 454 g/mol. The third-order valence-corrected chi connectivity index (χ3v) is 4.95. The minimum absolute atomic E-state index is 0.233. The van der Waals surface area contributed by atoms with E-state index in [4.69, 9.17) is 37.7 Å². The van der Waals surface area contributed by atoms with Crippen molar-refractivity contribution in [3.05, 3.63) is 82.9 Å². The number of carbonyl (C=O) groups is 1. The van der Waals surface area contributed by atoms with Crippen molar-refractivity contribution in [1.82, 2.24) is 5.32 Å². The maximum atomic E-state index is 13.0. The number of furan rings is 1. The summed E-state index contributed by atoms with van der Waals surface area (Å²) in [4.78, 5) is 14.4. The van der Waals surface area contributed by atoms with E-state index in [0.717, 1.165) is 0 Å². The van der Waals surface area contributed by atoms with E-state index in [-0.39, 0.29) is 17.6 Å². The van der Waals surface area contributed by atoms with Gasteiger partial charge >= 0.3 is 0 Å². The second-order valence-corrected chi connectivity index (χ2v) is 7.40. The highest BCUT2D eigenvalue weighted by molar-refractivity contribution is 7.80. The van der Waals surface area contributed by atoms with Gasteiger partial charge in [-0.3, -0.25) is 4.79 Å². The zero-order valence-corrected chi connectivity index (χ0v) is 18.2. The van der Waals surface area contributed by atoms with Gasteiger partial charge in [0.05, 0.1) is 12.3 Å². The van der Waals surface area contributed by atoms with Gasteiger partial charge in [0.2, 0.25) is 0 Å². The maximum absolute atomic E-state index is 13.0. The lowest BCUT2D eigenvalue weighted by Crippen LogP contribution is -2.30. The molecule has 1 N–H and O–H groups in total. The lowest BCUT2D eigenvalue weighted by Gasteiger charge is -2.17. The maximum Gasteiger partial charge on any atom is 0.281 e. The van der Waals surface area contributed by atoms with E-state index in [1.807, 2.05) is 31.2 Å². The molecule has 2 aromatic carbocycles. The number of anilines is 1. The van der Waals surface area contributed by atoms with Gasteiger partial charge in [0.15, 0.2) is 5.11 Å². The number of rotatable bonds is 7. The molecule has 4 rings (SSSR count). The van der Waals surface area contributed by atoms with Crippen LogP contribution in [0.25, 0.3) is 6.08 Å². The molecule has 2 heterocycles. The van der Waals surface area contributed by atoms with Gasteiger partial charge < -0.3 is 19.2 Å². The summed E-state index contributed by atoms with van der Waals surface area (Å²) in [7, 11) is 0. The van der Waals surface area contributed by atoms with E-state index in [0.29, 0.717) is 46.0 Å². The Kier molecular flexibility index (Phi) is 6.25. The molecule has 31 heavy (non-hydrogen) atoms. The van der Waals surface area contributed by atoms with Gasteiger partial charge in [0, 0.05) is 11.1 Å². The predicted molar refractivity (Wildman–Crippen MR) is 123 cm³/mol. The summed E-state index contributed by atoms with van der Waals surface area (Å²) in [5.74, 6) is 2.06. The number of benzene rings is 2. The standard InChI is InChI=1S/C23H19ClN2O4S/c1-2-28-21-9-4-3-8-20(21)26-22(27)19(25-23(26)31)13-17-10-11-18(30-17)14-29-16-7-5-6-15(24)12-16/h3-13H,2,14H2,1H3,(H,25,31)/b19-13+. The summed E-state index contributed by atoms with van der Waals surface area (Å²) in [5, 5.41) is 3.82. The highest BCUT2D eigenvalue weighted by Crippen LogP contribution is 2.31. The first-order chi connectivity index (χ1) is 15.0. The first-order valence-corrected chi connectivity index (χ1v) is 10.4. The molecule has 158 valence electrons. The fourth-order valence-electron chi connectivity index (χ4n) is 3.08. The molecule has 1 saturated heterocycles. The molecular formula is C23H19ClN2O4S. The number of hydrogen-bond donors (Lipinski definition) is 1. The van der Waals surface area contributed by atoms with Gasteiger partial charge in [-0.25, -0.2) is 4.90 Å². The number of halogens is 1. The zero-order chi connectivity index (χ0) is 21.8. The van der Waals surface area contributed by atoms with E-state index in [2.05, 4.69) is 5.32 Å². The normalized spacial score (nSPS) is 14.8. The van der Waals surface area contributed by atoms with Gasteiger partial charge in [-0.2, -0.15) is 0 Å². The number of carbonyl (C=O) groups excluding carboxylic acids is 1. The van der Waals surface area contributed by atoms with Crippen LogP contribution in [0.1, 0.15) is 18.4 Å². The molecule has 8 heteroatoms. The molecule has 0 radical (unpaired) electrons. The molecule has 3 aromatic rings. The molecule has 0 aliphatic carbocycles. The van der Waals surface area contributed by atoms with Gasteiger partial charge in [-0.15, -0.1) is 0 Å². The lowest BCUT2D eigenvalue weighted by molar-refractivity contribution is -0.113. The Balaban J connectivity index is 1.49. The number of ether oxygens (including phenoxy) is 2. The van der Waals surface area contributed by atoms with Crippen LogP contribution in [-0.2, 0) is 11.4 Å². The number of hydrogen-bond acceptors (Lipinski definition) is 5. The van der Waals surface area contributed by atoms with E-state index in [1.165, 1.54) is 4.90 Å². The molecule has 1 amide bonds. The summed E-state index contributed by atoms with van der Waals surface area (Å²) in [6, 6.07) is 17.9. The van der Waals surface area contributed by atoms with Crippen LogP contribution in [0.3, 0.4) is 0 Å². The highest BCUT2D eigenvalue weighted by atomic mass is 35.5. The minimum atomic E-state index is -0.287. The smallest absolute Gasteiger partial charge is 0.281 e. The average molecular weight is 455 g/mol. The van der Waals surface area contributed by atoms with Crippen LogP contribution in [-0.4, -0.2) is 17.6 Å². The molecule has 0 spiro atoms. The summed E-state index contributed by atoms with van der Waals surface area (Å²) in [6.07, 6.45) is 1.61. The molecule has 1 fully saturated rings. The number of amides is 1. The summed E-state index contributed by atoms with van der Waals surface area (Å²) in [6.45, 7) is 2.60. The van der Waals surface area contributed by atoms with E-state index >= 15 is 0 Å². The first-order valence-electron chi connectivity index (χ1n) is 9.61. The summed E-state index contributed by atoms with van der Waals surface area (Å²) < 4.78 is 17.1. The van der Waals surface area contributed by atoms with Crippen LogP contribution in [0.4, 0.5) is 5.69 Å². The summed E-state index contributed by atoms with van der Waals surface area (Å²) in [5.41, 5.74) is 0.901. The zero-order valence-electron chi connectivity index (χ0n) is 16.6. The Bertz CT molecular complexity index is 1160. The van der Waals surface area contributed by atoms with Crippen molar-refractivity contribution < 1.29 is 18.7 Å². The Morgan fingerprint density at radius 3 is 2.77 bits per heavy atom. The molecular weight excluding hydrogens is 436 g/mol. The Labute approximate surface area is 190 Å². The van der Waals surface area contributed by atoms with Crippen LogP contribution in [0.15, 0.2) is 70.8 Å². The summed E-state index contributed by atoms with van der Waals surface area (Å²) >= 11 is 11.3.